The first kappa shape index (κ1) is 47.8. The molecule has 0 aliphatic carbocycles. The van der Waals surface area contributed by atoms with Crippen LogP contribution < -0.4 is 0 Å². The highest BCUT2D eigenvalue weighted by atomic mass is 32.2. The van der Waals surface area contributed by atoms with Gasteiger partial charge in [0.1, 0.15) is 0 Å². The van der Waals surface area contributed by atoms with E-state index < -0.39 is 10.1 Å². The molecule has 0 atom stereocenters. The van der Waals surface area contributed by atoms with Crippen LogP contribution >= 0.6 is 0 Å². The third-order valence-electron chi connectivity index (χ3n) is 7.64. The van der Waals surface area contributed by atoms with E-state index in [1.165, 1.54) is 76.3 Å². The van der Waals surface area contributed by atoms with Crippen molar-refractivity contribution in [2.45, 2.75) is 89.4 Å². The molecule has 0 unspecified atom stereocenters. The molecule has 0 N–H and O–H groups in total. The Hall–Kier alpha value is -1.23. The zero-order valence-corrected chi connectivity index (χ0v) is 32.6. The SMILES string of the molecule is CCCCCCCCCCCCCOCCOCCOCCOCCOCCOCCOCCOCCOCCOS(=O)(=O)c1ccc(C)cc1. The largest absolute Gasteiger partial charge is 0.379 e. The van der Waals surface area contributed by atoms with E-state index in [0.717, 1.165) is 18.6 Å². The van der Waals surface area contributed by atoms with Crippen molar-refractivity contribution in [3.8, 4) is 0 Å². The summed E-state index contributed by atoms with van der Waals surface area (Å²) in [5.74, 6) is 0. The zero-order valence-electron chi connectivity index (χ0n) is 31.8. The molecule has 0 radical (unpaired) electrons. The summed E-state index contributed by atoms with van der Waals surface area (Å²) in [4.78, 5) is 0.132. The zero-order chi connectivity index (χ0) is 36.8. The number of rotatable bonds is 41. The lowest BCUT2D eigenvalue weighted by Crippen LogP contribution is -2.15. The first-order valence-corrected chi connectivity index (χ1v) is 20.6. The summed E-state index contributed by atoms with van der Waals surface area (Å²) in [5.41, 5.74) is 0.979. The maximum absolute atomic E-state index is 12.1. The first-order chi connectivity index (χ1) is 25.1. The Morgan fingerprint density at radius 1 is 0.373 bits per heavy atom. The average molecular weight is 751 g/mol. The van der Waals surface area contributed by atoms with Crippen LogP contribution in [0.5, 0.6) is 0 Å². The second-order valence-electron chi connectivity index (χ2n) is 12.1. The summed E-state index contributed by atoms with van der Waals surface area (Å²) >= 11 is 0. The minimum atomic E-state index is -3.77. The van der Waals surface area contributed by atoms with Crippen LogP contribution in [0.1, 0.15) is 83.1 Å². The molecule has 1 aromatic carbocycles. The summed E-state index contributed by atoms with van der Waals surface area (Å²) in [7, 11) is -3.77. The molecule has 0 fully saturated rings. The van der Waals surface area contributed by atoms with Crippen LogP contribution in [-0.4, -0.2) is 134 Å². The summed E-state index contributed by atoms with van der Waals surface area (Å²) in [5, 5.41) is 0. The first-order valence-electron chi connectivity index (χ1n) is 19.2. The number of unbranched alkanes of at least 4 members (excludes halogenated alkanes) is 10. The van der Waals surface area contributed by atoms with Crippen molar-refractivity contribution in [1.82, 2.24) is 0 Å². The van der Waals surface area contributed by atoms with E-state index in [0.29, 0.717) is 106 Å². The Kier molecular flexibility index (Phi) is 34.8. The van der Waals surface area contributed by atoms with E-state index in [2.05, 4.69) is 6.92 Å². The summed E-state index contributed by atoms with van der Waals surface area (Å²) in [6, 6.07) is 6.50. The van der Waals surface area contributed by atoms with Gasteiger partial charge < -0.3 is 42.6 Å². The maximum atomic E-state index is 12.1. The van der Waals surface area contributed by atoms with Crippen LogP contribution in [0.2, 0.25) is 0 Å². The highest BCUT2D eigenvalue weighted by Crippen LogP contribution is 2.13. The van der Waals surface area contributed by atoms with Crippen molar-refractivity contribution in [1.29, 1.82) is 0 Å². The van der Waals surface area contributed by atoms with Gasteiger partial charge in [-0.1, -0.05) is 88.8 Å². The minimum absolute atomic E-state index is 0.0546. The van der Waals surface area contributed by atoms with Crippen LogP contribution in [0.25, 0.3) is 0 Å². The number of hydrogen-bond donors (Lipinski definition) is 0. The molecule has 13 heteroatoms. The van der Waals surface area contributed by atoms with Crippen LogP contribution in [0.15, 0.2) is 29.2 Å². The molecular weight excluding hydrogens is 680 g/mol. The Morgan fingerprint density at radius 2 is 0.647 bits per heavy atom. The Labute approximate surface area is 309 Å². The monoisotopic (exact) mass is 750 g/mol. The second kappa shape index (κ2) is 37.1. The molecule has 0 aromatic heterocycles. The van der Waals surface area contributed by atoms with Crippen molar-refractivity contribution in [2.24, 2.45) is 0 Å². The summed E-state index contributed by atoms with van der Waals surface area (Å²) < 4.78 is 78.6. The van der Waals surface area contributed by atoms with Gasteiger partial charge in [0, 0.05) is 6.61 Å². The van der Waals surface area contributed by atoms with Crippen molar-refractivity contribution in [3.05, 3.63) is 29.8 Å². The fourth-order valence-electron chi connectivity index (χ4n) is 4.71. The molecule has 0 saturated carbocycles. The molecule has 0 saturated heterocycles. The molecule has 1 aromatic rings. The van der Waals surface area contributed by atoms with Gasteiger partial charge in [-0.15, -0.1) is 0 Å². The predicted molar refractivity (Wildman–Crippen MR) is 198 cm³/mol. The van der Waals surface area contributed by atoms with Crippen molar-refractivity contribution in [3.63, 3.8) is 0 Å². The molecule has 0 spiro atoms. The molecule has 1 rings (SSSR count). The molecule has 0 heterocycles. The van der Waals surface area contributed by atoms with Crippen LogP contribution in [0, 0.1) is 6.92 Å². The number of hydrogen-bond acceptors (Lipinski definition) is 12. The van der Waals surface area contributed by atoms with Crippen LogP contribution in [0.4, 0.5) is 0 Å². The maximum Gasteiger partial charge on any atom is 0.297 e. The normalized spacial score (nSPS) is 11.9. The van der Waals surface area contributed by atoms with Gasteiger partial charge in [0.2, 0.25) is 0 Å². The second-order valence-corrected chi connectivity index (χ2v) is 13.8. The van der Waals surface area contributed by atoms with Crippen molar-refractivity contribution < 1.29 is 55.2 Å². The lowest BCUT2D eigenvalue weighted by Gasteiger charge is -2.09. The molecule has 300 valence electrons. The Balaban J connectivity index is 1.66. The van der Waals surface area contributed by atoms with Crippen LogP contribution in [0.3, 0.4) is 0 Å². The third kappa shape index (κ3) is 33.1. The lowest BCUT2D eigenvalue weighted by atomic mass is 10.1. The Bertz CT molecular complexity index is 949. The summed E-state index contributed by atoms with van der Waals surface area (Å²) in [6.07, 6.45) is 14.8. The van der Waals surface area contributed by atoms with Crippen molar-refractivity contribution in [2.75, 3.05) is 126 Å². The van der Waals surface area contributed by atoms with Crippen molar-refractivity contribution >= 4 is 10.1 Å². The predicted octanol–water partition coefficient (Wildman–Crippen LogP) is 6.16. The van der Waals surface area contributed by atoms with Gasteiger partial charge in [-0.3, -0.25) is 4.18 Å². The molecule has 0 aliphatic heterocycles. The van der Waals surface area contributed by atoms with Gasteiger partial charge in [0.15, 0.2) is 0 Å². The van der Waals surface area contributed by atoms with Gasteiger partial charge in [-0.05, 0) is 25.5 Å². The van der Waals surface area contributed by atoms with Gasteiger partial charge in [-0.25, -0.2) is 0 Å². The average Bonchev–Trinajstić information content (AvgIpc) is 3.12. The van der Waals surface area contributed by atoms with E-state index in [4.69, 9.17) is 46.8 Å². The Morgan fingerprint density at radius 3 is 0.980 bits per heavy atom. The number of aryl methyl sites for hydroxylation is 1. The highest BCUT2D eigenvalue weighted by molar-refractivity contribution is 7.86. The standard InChI is InChI=1S/C38H70O12S/c1-3-4-5-6-7-8-9-10-11-12-13-18-41-19-20-42-21-22-43-23-24-44-25-26-45-27-28-46-29-30-47-31-32-48-33-34-49-35-36-50-51(39,40)38-16-14-37(2)15-17-38/h14-17H,3-13,18-36H2,1-2H3. The molecule has 0 amide bonds. The van der Waals surface area contributed by atoms with E-state index in [9.17, 15) is 8.42 Å². The topological polar surface area (TPSA) is 126 Å². The van der Waals surface area contributed by atoms with Gasteiger partial charge in [-0.2, -0.15) is 8.42 Å². The molecule has 0 bridgehead atoms. The van der Waals surface area contributed by atoms with E-state index in [1.807, 2.05) is 6.92 Å². The van der Waals surface area contributed by atoms with E-state index >= 15 is 0 Å². The quantitative estimate of drug-likeness (QED) is 0.0562. The summed E-state index contributed by atoms with van der Waals surface area (Å²) in [6.45, 7) is 13.0. The van der Waals surface area contributed by atoms with Gasteiger partial charge in [0.05, 0.1) is 124 Å². The third-order valence-corrected chi connectivity index (χ3v) is 8.97. The molecule has 12 nitrogen and oxygen atoms in total. The van der Waals surface area contributed by atoms with E-state index in [1.54, 1.807) is 12.1 Å². The van der Waals surface area contributed by atoms with Gasteiger partial charge >= 0.3 is 0 Å². The lowest BCUT2D eigenvalue weighted by molar-refractivity contribution is -0.0254. The highest BCUT2D eigenvalue weighted by Gasteiger charge is 2.14. The number of ether oxygens (including phenoxy) is 9. The number of benzene rings is 1. The van der Waals surface area contributed by atoms with E-state index in [-0.39, 0.29) is 18.1 Å². The minimum Gasteiger partial charge on any atom is -0.379 e. The van der Waals surface area contributed by atoms with Gasteiger partial charge in [0.25, 0.3) is 10.1 Å². The van der Waals surface area contributed by atoms with Crippen LogP contribution in [-0.2, 0) is 56.9 Å². The molecular formula is C38H70O12S. The molecule has 51 heavy (non-hydrogen) atoms. The molecule has 0 aliphatic rings. The fourth-order valence-corrected chi connectivity index (χ4v) is 5.60. The smallest absolute Gasteiger partial charge is 0.297 e. The fraction of sp³-hybridized carbons (Fsp3) is 0.842.